The van der Waals surface area contributed by atoms with E-state index in [0.29, 0.717) is 6.54 Å². The Labute approximate surface area is 114 Å². The molecule has 0 saturated carbocycles. The Hall–Kier alpha value is -1.32. The van der Waals surface area contributed by atoms with Crippen LogP contribution in [0, 0.1) is 6.92 Å². The lowest BCUT2D eigenvalue weighted by Crippen LogP contribution is -2.30. The van der Waals surface area contributed by atoms with Gasteiger partial charge < -0.3 is 10.6 Å². The summed E-state index contributed by atoms with van der Waals surface area (Å²) >= 11 is 0. The highest BCUT2D eigenvalue weighted by atomic mass is 35.5. The van der Waals surface area contributed by atoms with E-state index in [1.807, 2.05) is 31.2 Å². The number of halogens is 1. The Morgan fingerprint density at radius 1 is 1.50 bits per heavy atom. The first kappa shape index (κ1) is 14.7. The van der Waals surface area contributed by atoms with E-state index in [-0.39, 0.29) is 24.4 Å². The molecule has 1 aromatic rings. The molecular formula is C14H19ClN2O. The Balaban J connectivity index is 0.00000162. The third-order valence-electron chi connectivity index (χ3n) is 3.00. The number of nitrogens with two attached hydrogens (primary N) is 1. The lowest BCUT2D eigenvalue weighted by Gasteiger charge is -2.12. The zero-order valence-corrected chi connectivity index (χ0v) is 11.3. The minimum absolute atomic E-state index is 0. The first-order valence-electron chi connectivity index (χ1n) is 5.94. The molecule has 3 nitrogen and oxygen atoms in total. The van der Waals surface area contributed by atoms with Crippen LogP contribution in [-0.2, 0) is 4.79 Å². The molecule has 0 aliphatic carbocycles. The molecule has 1 saturated heterocycles. The van der Waals surface area contributed by atoms with Crippen LogP contribution >= 0.6 is 12.4 Å². The van der Waals surface area contributed by atoms with E-state index in [0.717, 1.165) is 18.5 Å². The highest BCUT2D eigenvalue weighted by Crippen LogP contribution is 2.09. The molecule has 1 fully saturated rings. The van der Waals surface area contributed by atoms with E-state index in [2.05, 4.69) is 6.07 Å². The van der Waals surface area contributed by atoms with Crippen molar-refractivity contribution in [1.82, 2.24) is 4.90 Å². The summed E-state index contributed by atoms with van der Waals surface area (Å²) in [6.45, 7) is 3.49. The highest BCUT2D eigenvalue weighted by molar-refractivity contribution is 5.92. The molecule has 1 aliphatic heterocycles. The molecule has 0 spiro atoms. The monoisotopic (exact) mass is 266 g/mol. The van der Waals surface area contributed by atoms with E-state index in [9.17, 15) is 4.79 Å². The van der Waals surface area contributed by atoms with Crippen molar-refractivity contribution in [3.05, 3.63) is 41.5 Å². The standard InChI is InChI=1S/C14H18N2O.ClH/c1-11-3-2-4-12(9-11)5-6-14(17)16-8-7-13(15)10-16;/h2-6,9,13H,7-8,10,15H2,1H3;1H/b6-5+;. The van der Waals surface area contributed by atoms with Crippen LogP contribution in [0.3, 0.4) is 0 Å². The van der Waals surface area contributed by atoms with E-state index in [1.54, 1.807) is 11.0 Å². The minimum Gasteiger partial charge on any atom is -0.338 e. The summed E-state index contributed by atoms with van der Waals surface area (Å²) in [7, 11) is 0. The first-order chi connectivity index (χ1) is 8.15. The Bertz CT molecular complexity index is 445. The predicted molar refractivity (Wildman–Crippen MR) is 76.6 cm³/mol. The van der Waals surface area contributed by atoms with Gasteiger partial charge >= 0.3 is 0 Å². The Morgan fingerprint density at radius 2 is 2.28 bits per heavy atom. The largest absolute Gasteiger partial charge is 0.338 e. The van der Waals surface area contributed by atoms with Crippen molar-refractivity contribution < 1.29 is 4.79 Å². The molecule has 98 valence electrons. The summed E-state index contributed by atoms with van der Waals surface area (Å²) in [4.78, 5) is 13.6. The molecule has 1 aromatic carbocycles. The summed E-state index contributed by atoms with van der Waals surface area (Å²) in [5, 5.41) is 0. The summed E-state index contributed by atoms with van der Waals surface area (Å²) in [5.41, 5.74) is 8.03. The number of hydrogen-bond donors (Lipinski definition) is 1. The minimum atomic E-state index is 0. The van der Waals surface area contributed by atoms with Crippen molar-refractivity contribution in [2.75, 3.05) is 13.1 Å². The maximum Gasteiger partial charge on any atom is 0.246 e. The van der Waals surface area contributed by atoms with Gasteiger partial charge in [-0.3, -0.25) is 4.79 Å². The van der Waals surface area contributed by atoms with Crippen LogP contribution in [0.2, 0.25) is 0 Å². The number of carbonyl (C=O) groups is 1. The van der Waals surface area contributed by atoms with Gasteiger partial charge in [0.2, 0.25) is 5.91 Å². The molecule has 18 heavy (non-hydrogen) atoms. The molecule has 1 heterocycles. The summed E-state index contributed by atoms with van der Waals surface area (Å²) in [6.07, 6.45) is 4.40. The molecule has 2 rings (SSSR count). The number of likely N-dealkylation sites (tertiary alicyclic amines) is 1. The fourth-order valence-corrected chi connectivity index (χ4v) is 2.03. The summed E-state index contributed by atoms with van der Waals surface area (Å²) < 4.78 is 0. The normalized spacial score (nSPS) is 19.0. The fraction of sp³-hybridized carbons (Fsp3) is 0.357. The van der Waals surface area contributed by atoms with E-state index in [4.69, 9.17) is 5.73 Å². The third kappa shape index (κ3) is 3.86. The molecule has 4 heteroatoms. The van der Waals surface area contributed by atoms with Crippen LogP contribution < -0.4 is 5.73 Å². The van der Waals surface area contributed by atoms with Crippen LogP contribution in [0.5, 0.6) is 0 Å². The SMILES string of the molecule is Cc1cccc(/C=C/C(=O)N2CCC(N)C2)c1.Cl. The van der Waals surface area contributed by atoms with Gasteiger partial charge in [0, 0.05) is 25.2 Å². The fourth-order valence-electron chi connectivity index (χ4n) is 2.03. The number of rotatable bonds is 2. The van der Waals surface area contributed by atoms with E-state index >= 15 is 0 Å². The number of nitrogens with zero attached hydrogens (tertiary/aromatic N) is 1. The molecule has 0 bridgehead atoms. The van der Waals surface area contributed by atoms with Gasteiger partial charge in [0.05, 0.1) is 0 Å². The Morgan fingerprint density at radius 3 is 2.89 bits per heavy atom. The van der Waals surface area contributed by atoms with Gasteiger partial charge in [0.15, 0.2) is 0 Å². The summed E-state index contributed by atoms with van der Waals surface area (Å²) in [6, 6.07) is 8.22. The number of aryl methyl sites for hydroxylation is 1. The van der Waals surface area contributed by atoms with Crippen LogP contribution in [-0.4, -0.2) is 29.9 Å². The average Bonchev–Trinajstić information content (AvgIpc) is 2.73. The first-order valence-corrected chi connectivity index (χ1v) is 5.94. The maximum absolute atomic E-state index is 11.8. The van der Waals surface area contributed by atoms with Crippen molar-refractivity contribution in [1.29, 1.82) is 0 Å². The van der Waals surface area contributed by atoms with Crippen molar-refractivity contribution in [3.63, 3.8) is 0 Å². The van der Waals surface area contributed by atoms with Crippen molar-refractivity contribution in [2.45, 2.75) is 19.4 Å². The smallest absolute Gasteiger partial charge is 0.246 e. The molecule has 0 radical (unpaired) electrons. The number of amides is 1. The molecule has 1 atom stereocenters. The van der Waals surface area contributed by atoms with Gasteiger partial charge in [0.25, 0.3) is 0 Å². The van der Waals surface area contributed by atoms with Gasteiger partial charge in [-0.15, -0.1) is 12.4 Å². The number of hydrogen-bond acceptors (Lipinski definition) is 2. The second-order valence-electron chi connectivity index (χ2n) is 4.58. The molecule has 1 amide bonds. The maximum atomic E-state index is 11.8. The average molecular weight is 267 g/mol. The van der Waals surface area contributed by atoms with Gasteiger partial charge in [0.1, 0.15) is 0 Å². The van der Waals surface area contributed by atoms with Crippen LogP contribution in [0.1, 0.15) is 17.5 Å². The lowest BCUT2D eigenvalue weighted by atomic mass is 10.1. The van der Waals surface area contributed by atoms with Crippen LogP contribution in [0.15, 0.2) is 30.3 Å². The van der Waals surface area contributed by atoms with Crippen molar-refractivity contribution in [2.24, 2.45) is 5.73 Å². The van der Waals surface area contributed by atoms with Crippen molar-refractivity contribution in [3.8, 4) is 0 Å². The van der Waals surface area contributed by atoms with Gasteiger partial charge in [-0.05, 0) is 25.0 Å². The molecule has 1 unspecified atom stereocenters. The molecular weight excluding hydrogens is 248 g/mol. The van der Waals surface area contributed by atoms with Crippen LogP contribution in [0.25, 0.3) is 6.08 Å². The molecule has 2 N–H and O–H groups in total. The van der Waals surface area contributed by atoms with E-state index in [1.165, 1.54) is 5.56 Å². The second-order valence-corrected chi connectivity index (χ2v) is 4.58. The van der Waals surface area contributed by atoms with Gasteiger partial charge in [-0.25, -0.2) is 0 Å². The lowest BCUT2D eigenvalue weighted by molar-refractivity contribution is -0.124. The zero-order valence-electron chi connectivity index (χ0n) is 10.5. The molecule has 1 aliphatic rings. The summed E-state index contributed by atoms with van der Waals surface area (Å²) in [5.74, 6) is 0.0551. The van der Waals surface area contributed by atoms with Crippen molar-refractivity contribution >= 4 is 24.4 Å². The Kier molecular flexibility index (Phi) is 5.38. The zero-order chi connectivity index (χ0) is 12.3. The quantitative estimate of drug-likeness (QED) is 0.832. The van der Waals surface area contributed by atoms with Gasteiger partial charge in [-0.2, -0.15) is 0 Å². The van der Waals surface area contributed by atoms with E-state index < -0.39 is 0 Å². The number of carbonyl (C=O) groups excluding carboxylic acids is 1. The van der Waals surface area contributed by atoms with Gasteiger partial charge in [-0.1, -0.05) is 29.8 Å². The second kappa shape index (κ2) is 6.57. The molecule has 0 aromatic heterocycles. The highest BCUT2D eigenvalue weighted by Gasteiger charge is 2.21. The van der Waals surface area contributed by atoms with Crippen LogP contribution in [0.4, 0.5) is 0 Å². The third-order valence-corrected chi connectivity index (χ3v) is 3.00. The predicted octanol–water partition coefficient (Wildman–Crippen LogP) is 1.99. The number of benzene rings is 1. The topological polar surface area (TPSA) is 46.3 Å².